The number of para-hydroxylation sites is 2. The van der Waals surface area contributed by atoms with Crippen LogP contribution in [-0.2, 0) is 10.8 Å². The van der Waals surface area contributed by atoms with Gasteiger partial charge in [-0.15, -0.1) is 0 Å². The number of hydrogen-bond acceptors (Lipinski definition) is 4. The maximum atomic E-state index is 8.02. The average Bonchev–Trinajstić information content (AvgIpc) is 4.27. The highest BCUT2D eigenvalue weighted by atomic mass is 16.4. The first-order valence-electron chi connectivity index (χ1n) is 25.4. The fourth-order valence-electron chi connectivity index (χ4n) is 12.7. The molecule has 0 saturated heterocycles. The summed E-state index contributed by atoms with van der Waals surface area (Å²) in [5.74, 6) is 3.16. The zero-order valence-corrected chi connectivity index (χ0v) is 40.3. The first-order chi connectivity index (χ1) is 36.7. The summed E-state index contributed by atoms with van der Waals surface area (Å²) in [5.41, 5.74) is 18.0. The third kappa shape index (κ3) is 5.97. The Morgan fingerprint density at radius 2 is 0.514 bits per heavy atom. The summed E-state index contributed by atoms with van der Waals surface area (Å²) in [6, 6.07) is 100. The van der Waals surface area contributed by atoms with Gasteiger partial charge in [-0.3, -0.25) is 9.80 Å². The summed E-state index contributed by atoms with van der Waals surface area (Å²) in [7, 11) is 0. The minimum absolute atomic E-state index is 0.711. The van der Waals surface area contributed by atoms with Gasteiger partial charge in [0, 0.05) is 46.0 Å². The second-order valence-corrected chi connectivity index (χ2v) is 19.5. The van der Waals surface area contributed by atoms with Crippen LogP contribution < -0.4 is 9.80 Å². The molecule has 4 heteroatoms. The summed E-state index contributed by atoms with van der Waals surface area (Å²) >= 11 is 0. The molecule has 10 aromatic carbocycles. The second kappa shape index (κ2) is 16.5. The van der Waals surface area contributed by atoms with Crippen LogP contribution in [0, 0.1) is 0 Å². The van der Waals surface area contributed by atoms with Crippen LogP contribution in [0.1, 0.15) is 44.9 Å². The standard InChI is InChI=1S/C70H46N2O2/c1-5-23-47(24-6-1)49-27-21-33-53(43-49)71(51-29-9-3-10-30-51)65-45-63-67(73-65)70(61-41-19-15-37-57(61)58-38-16-20-42-62(58)70)64-46-66(74-68(64)69(63)59-39-17-13-35-55(59)56-36-14-18-40-60(56)69)72(52-31-11-4-12-32-52)54-34-22-28-50(44-54)48-25-7-2-8-26-48/h1-46H. The van der Waals surface area contributed by atoms with Crippen LogP contribution in [-0.4, -0.2) is 0 Å². The van der Waals surface area contributed by atoms with Gasteiger partial charge >= 0.3 is 0 Å². The molecule has 348 valence electrons. The van der Waals surface area contributed by atoms with Crippen LogP contribution in [0.5, 0.6) is 0 Å². The Kier molecular flexibility index (Phi) is 9.36. The van der Waals surface area contributed by atoms with Gasteiger partial charge in [-0.2, -0.15) is 0 Å². The number of rotatable bonds is 8. The van der Waals surface area contributed by atoms with Crippen LogP contribution in [0.2, 0.25) is 0 Å². The molecule has 2 spiro atoms. The van der Waals surface area contributed by atoms with Gasteiger partial charge in [-0.25, -0.2) is 0 Å². The van der Waals surface area contributed by atoms with E-state index in [1.807, 2.05) is 0 Å². The largest absolute Gasteiger partial charge is 0.443 e. The lowest BCUT2D eigenvalue weighted by Crippen LogP contribution is -2.42. The van der Waals surface area contributed by atoms with E-state index in [0.29, 0.717) is 11.8 Å². The quantitative estimate of drug-likeness (QED) is 0.152. The molecule has 0 atom stereocenters. The molecule has 0 bridgehead atoms. The lowest BCUT2D eigenvalue weighted by atomic mass is 9.57. The van der Waals surface area contributed by atoms with Crippen molar-refractivity contribution in [1.29, 1.82) is 0 Å². The zero-order chi connectivity index (χ0) is 48.8. The molecule has 0 saturated carbocycles. The van der Waals surface area contributed by atoms with Gasteiger partial charge in [0.15, 0.2) is 0 Å². The van der Waals surface area contributed by atoms with Gasteiger partial charge in [0.2, 0.25) is 11.8 Å². The molecule has 74 heavy (non-hydrogen) atoms. The number of anilines is 6. The summed E-state index contributed by atoms with van der Waals surface area (Å²) in [4.78, 5) is 4.57. The van der Waals surface area contributed by atoms with Crippen molar-refractivity contribution in [2.75, 3.05) is 9.80 Å². The Balaban J connectivity index is 1.07. The van der Waals surface area contributed by atoms with Crippen molar-refractivity contribution < 1.29 is 8.83 Å². The van der Waals surface area contributed by atoms with Crippen molar-refractivity contribution >= 4 is 34.5 Å². The van der Waals surface area contributed by atoms with E-state index in [9.17, 15) is 0 Å². The van der Waals surface area contributed by atoms with Crippen LogP contribution in [0.15, 0.2) is 288 Å². The molecule has 0 aliphatic heterocycles. The zero-order valence-electron chi connectivity index (χ0n) is 40.3. The van der Waals surface area contributed by atoms with Crippen molar-refractivity contribution in [3.05, 3.63) is 324 Å². The van der Waals surface area contributed by atoms with Crippen molar-refractivity contribution in [2.45, 2.75) is 10.8 Å². The molecule has 4 nitrogen and oxygen atoms in total. The van der Waals surface area contributed by atoms with E-state index >= 15 is 0 Å². The first-order valence-corrected chi connectivity index (χ1v) is 25.4. The lowest BCUT2D eigenvalue weighted by Gasteiger charge is -2.42. The summed E-state index contributed by atoms with van der Waals surface area (Å²) in [6.45, 7) is 0. The van der Waals surface area contributed by atoms with Crippen molar-refractivity contribution in [3.8, 4) is 44.5 Å². The van der Waals surface area contributed by atoms with Gasteiger partial charge in [0.1, 0.15) is 22.4 Å². The molecular weight excluding hydrogens is 901 g/mol. The third-order valence-electron chi connectivity index (χ3n) is 15.7. The highest BCUT2D eigenvalue weighted by Crippen LogP contribution is 2.69. The van der Waals surface area contributed by atoms with Crippen molar-refractivity contribution in [2.24, 2.45) is 0 Å². The fourth-order valence-corrected chi connectivity index (χ4v) is 12.7. The first kappa shape index (κ1) is 42.1. The second-order valence-electron chi connectivity index (χ2n) is 19.5. The number of hydrogen-bond donors (Lipinski definition) is 0. The minimum atomic E-state index is -0.946. The molecule has 2 heterocycles. The van der Waals surface area contributed by atoms with E-state index in [0.717, 1.165) is 89.9 Å². The maximum absolute atomic E-state index is 8.02. The van der Waals surface area contributed by atoms with Gasteiger partial charge in [-0.1, -0.05) is 218 Å². The van der Waals surface area contributed by atoms with Crippen LogP contribution >= 0.6 is 0 Å². The molecule has 0 N–H and O–H groups in total. The Morgan fingerprint density at radius 1 is 0.230 bits per heavy atom. The fraction of sp³-hybridized carbons (Fsp3) is 0.0286. The van der Waals surface area contributed by atoms with Crippen LogP contribution in [0.25, 0.3) is 44.5 Å². The third-order valence-corrected chi connectivity index (χ3v) is 15.7. The van der Waals surface area contributed by atoms with Gasteiger partial charge < -0.3 is 8.83 Å². The van der Waals surface area contributed by atoms with E-state index in [-0.39, 0.29) is 0 Å². The number of furan rings is 2. The molecule has 0 radical (unpaired) electrons. The SMILES string of the molecule is c1ccc(-c2cccc(N(c3ccccc3)c3cc4c(o3)C3(c5ccccc5-c5ccccc53)c3cc(N(c5ccccc5)c5cccc(-c6ccccc6)c5)oc3C43c4ccccc4-c4ccccc43)c2)cc1. The molecule has 3 aliphatic rings. The Morgan fingerprint density at radius 3 is 0.865 bits per heavy atom. The monoisotopic (exact) mass is 946 g/mol. The predicted molar refractivity (Wildman–Crippen MR) is 299 cm³/mol. The van der Waals surface area contributed by atoms with Gasteiger partial charge in [0.25, 0.3) is 0 Å². The minimum Gasteiger partial charge on any atom is -0.443 e. The number of fused-ring (bicyclic) bond motifs is 16. The molecule has 15 rings (SSSR count). The average molecular weight is 947 g/mol. The van der Waals surface area contributed by atoms with Crippen molar-refractivity contribution in [3.63, 3.8) is 0 Å². The highest BCUT2D eigenvalue weighted by Gasteiger charge is 2.64. The van der Waals surface area contributed by atoms with E-state index in [2.05, 4.69) is 289 Å². The van der Waals surface area contributed by atoms with Gasteiger partial charge in [-0.05, 0) is 115 Å². The van der Waals surface area contributed by atoms with E-state index < -0.39 is 10.8 Å². The van der Waals surface area contributed by atoms with Crippen LogP contribution in [0.3, 0.4) is 0 Å². The topological polar surface area (TPSA) is 32.8 Å². The summed E-state index contributed by atoms with van der Waals surface area (Å²) in [6.07, 6.45) is 0. The molecule has 2 aromatic heterocycles. The molecular formula is C70H46N2O2. The van der Waals surface area contributed by atoms with E-state index in [4.69, 9.17) is 8.83 Å². The molecule has 12 aromatic rings. The van der Waals surface area contributed by atoms with Crippen molar-refractivity contribution in [1.82, 2.24) is 0 Å². The normalized spacial score (nSPS) is 13.6. The van der Waals surface area contributed by atoms with E-state index in [1.165, 1.54) is 22.3 Å². The summed E-state index contributed by atoms with van der Waals surface area (Å²) < 4.78 is 16.0. The van der Waals surface area contributed by atoms with Crippen LogP contribution in [0.4, 0.5) is 34.5 Å². The Bertz CT molecular complexity index is 3690. The molecule has 0 fully saturated rings. The Labute approximate surface area is 430 Å². The van der Waals surface area contributed by atoms with E-state index in [1.54, 1.807) is 0 Å². The Hall–Kier alpha value is -9.64. The predicted octanol–water partition coefficient (Wildman–Crippen LogP) is 18.2. The maximum Gasteiger partial charge on any atom is 0.205 e. The number of benzene rings is 10. The highest BCUT2D eigenvalue weighted by molar-refractivity contribution is 5.94. The molecule has 0 unspecified atom stereocenters. The van der Waals surface area contributed by atoms with Gasteiger partial charge in [0.05, 0.1) is 0 Å². The molecule has 3 aliphatic carbocycles. The summed E-state index contributed by atoms with van der Waals surface area (Å²) in [5, 5.41) is 0. The number of nitrogens with zero attached hydrogens (tertiary/aromatic N) is 2. The smallest absolute Gasteiger partial charge is 0.205 e. The molecule has 0 amide bonds. The lowest BCUT2D eigenvalue weighted by molar-refractivity contribution is 0.405.